The monoisotopic (exact) mass is 217 g/mol. The van der Waals surface area contributed by atoms with Gasteiger partial charge in [-0.25, -0.2) is 0 Å². The molecule has 1 N–H and O–H groups in total. The van der Waals surface area contributed by atoms with Crippen LogP contribution in [-0.2, 0) is 12.8 Å². The van der Waals surface area contributed by atoms with E-state index >= 15 is 0 Å². The van der Waals surface area contributed by atoms with E-state index in [2.05, 4.69) is 17.4 Å². The topological polar surface area (TPSA) is 21.3 Å². The molecular weight excluding hydrogens is 198 g/mol. The largest absolute Gasteiger partial charge is 0.496 e. The molecule has 1 fully saturated rings. The van der Waals surface area contributed by atoms with Crippen molar-refractivity contribution in [2.75, 3.05) is 13.7 Å². The molecule has 1 atom stereocenters. The first-order chi connectivity index (χ1) is 7.90. The second-order valence-electron chi connectivity index (χ2n) is 4.82. The van der Waals surface area contributed by atoms with Crippen molar-refractivity contribution in [1.82, 2.24) is 5.32 Å². The van der Waals surface area contributed by atoms with Crippen LogP contribution in [0.4, 0.5) is 0 Å². The van der Waals surface area contributed by atoms with Crippen LogP contribution in [0, 0.1) is 0 Å². The second-order valence-corrected chi connectivity index (χ2v) is 4.82. The molecule has 1 heterocycles. The summed E-state index contributed by atoms with van der Waals surface area (Å²) in [6, 6.07) is 5.02. The Hall–Kier alpha value is -1.02. The quantitative estimate of drug-likeness (QED) is 0.822. The highest BCUT2D eigenvalue weighted by Gasteiger charge is 2.25. The predicted molar refractivity (Wildman–Crippen MR) is 65.0 cm³/mol. The molecule has 2 heteroatoms. The number of ether oxygens (including phenoxy) is 1. The fourth-order valence-electron chi connectivity index (χ4n) is 3.17. The molecular formula is C14H19NO. The maximum atomic E-state index is 5.45. The van der Waals surface area contributed by atoms with Crippen molar-refractivity contribution >= 4 is 0 Å². The van der Waals surface area contributed by atoms with Crippen LogP contribution in [0.2, 0.25) is 0 Å². The molecule has 2 aliphatic rings. The van der Waals surface area contributed by atoms with Crippen LogP contribution >= 0.6 is 0 Å². The molecule has 86 valence electrons. The van der Waals surface area contributed by atoms with Crippen LogP contribution in [0.25, 0.3) is 0 Å². The van der Waals surface area contributed by atoms with Crippen molar-refractivity contribution in [2.45, 2.75) is 38.1 Å². The molecule has 1 aromatic rings. The van der Waals surface area contributed by atoms with Crippen molar-refractivity contribution in [3.8, 4) is 5.75 Å². The lowest BCUT2D eigenvalue weighted by molar-refractivity contribution is 0.410. The average Bonchev–Trinajstić information content (AvgIpc) is 2.98. The van der Waals surface area contributed by atoms with Crippen molar-refractivity contribution in [3.05, 3.63) is 28.8 Å². The Balaban J connectivity index is 2.03. The smallest absolute Gasteiger partial charge is 0.122 e. The van der Waals surface area contributed by atoms with E-state index in [1.54, 1.807) is 12.7 Å². The minimum absolute atomic E-state index is 0.595. The summed E-state index contributed by atoms with van der Waals surface area (Å²) in [5.41, 5.74) is 4.57. The molecule has 3 rings (SSSR count). The summed E-state index contributed by atoms with van der Waals surface area (Å²) in [5.74, 6) is 1.09. The Kier molecular flexibility index (Phi) is 2.60. The van der Waals surface area contributed by atoms with Crippen molar-refractivity contribution in [2.24, 2.45) is 0 Å². The molecule has 1 aromatic carbocycles. The van der Waals surface area contributed by atoms with E-state index in [4.69, 9.17) is 4.74 Å². The molecule has 0 spiro atoms. The number of benzene rings is 1. The van der Waals surface area contributed by atoms with Gasteiger partial charge < -0.3 is 10.1 Å². The van der Waals surface area contributed by atoms with E-state index in [-0.39, 0.29) is 0 Å². The Morgan fingerprint density at radius 3 is 2.81 bits per heavy atom. The number of fused-ring (bicyclic) bond motifs is 1. The van der Waals surface area contributed by atoms with Crippen molar-refractivity contribution in [3.63, 3.8) is 0 Å². The fraction of sp³-hybridized carbons (Fsp3) is 0.571. The predicted octanol–water partition coefficient (Wildman–Crippen LogP) is 2.61. The molecule has 1 aliphatic carbocycles. The van der Waals surface area contributed by atoms with Crippen LogP contribution in [0.1, 0.15) is 42.0 Å². The van der Waals surface area contributed by atoms with Crippen LogP contribution in [-0.4, -0.2) is 13.7 Å². The van der Waals surface area contributed by atoms with Crippen molar-refractivity contribution in [1.29, 1.82) is 0 Å². The van der Waals surface area contributed by atoms with Gasteiger partial charge in [0, 0.05) is 6.04 Å². The molecule has 0 radical (unpaired) electrons. The lowest BCUT2D eigenvalue weighted by atomic mass is 9.96. The minimum atomic E-state index is 0.595. The highest BCUT2D eigenvalue weighted by atomic mass is 16.5. The summed E-state index contributed by atoms with van der Waals surface area (Å²) in [6.07, 6.45) is 6.32. The Labute approximate surface area is 97.0 Å². The SMILES string of the molecule is COc1ccc(C2CCCN2)c2c1CCC2. The zero-order chi connectivity index (χ0) is 11.0. The molecule has 2 nitrogen and oxygen atoms in total. The number of rotatable bonds is 2. The van der Waals surface area contributed by atoms with Crippen LogP contribution < -0.4 is 10.1 Å². The van der Waals surface area contributed by atoms with Gasteiger partial charge in [-0.1, -0.05) is 6.07 Å². The standard InChI is InChI=1S/C14H19NO/c1-16-14-8-7-11(13-6-3-9-15-13)10-4-2-5-12(10)14/h7-8,13,15H,2-6,9H2,1H3. The lowest BCUT2D eigenvalue weighted by Gasteiger charge is -2.17. The molecule has 0 amide bonds. The number of hydrogen-bond donors (Lipinski definition) is 1. The summed E-state index contributed by atoms with van der Waals surface area (Å²) in [7, 11) is 1.78. The summed E-state index contributed by atoms with van der Waals surface area (Å²) in [6.45, 7) is 1.17. The molecule has 0 saturated carbocycles. The Morgan fingerprint density at radius 1 is 1.19 bits per heavy atom. The van der Waals surface area contributed by atoms with E-state index in [1.807, 2.05) is 0 Å². The maximum Gasteiger partial charge on any atom is 0.122 e. The Morgan fingerprint density at radius 2 is 2.06 bits per heavy atom. The van der Waals surface area contributed by atoms with Gasteiger partial charge in [-0.05, 0) is 61.4 Å². The van der Waals surface area contributed by atoms with E-state index in [9.17, 15) is 0 Å². The summed E-state index contributed by atoms with van der Waals surface area (Å²) in [5, 5.41) is 3.60. The molecule has 0 aromatic heterocycles. The lowest BCUT2D eigenvalue weighted by Crippen LogP contribution is -2.14. The minimum Gasteiger partial charge on any atom is -0.496 e. The number of methoxy groups -OCH3 is 1. The third kappa shape index (κ3) is 1.52. The second kappa shape index (κ2) is 4.10. The highest BCUT2D eigenvalue weighted by molar-refractivity contribution is 5.49. The van der Waals surface area contributed by atoms with Crippen LogP contribution in [0.3, 0.4) is 0 Å². The van der Waals surface area contributed by atoms with E-state index < -0.39 is 0 Å². The van der Waals surface area contributed by atoms with Crippen LogP contribution in [0.15, 0.2) is 12.1 Å². The molecule has 16 heavy (non-hydrogen) atoms. The van der Waals surface area contributed by atoms with Gasteiger partial charge in [-0.2, -0.15) is 0 Å². The summed E-state index contributed by atoms with van der Waals surface area (Å²) in [4.78, 5) is 0. The van der Waals surface area contributed by atoms with Crippen LogP contribution in [0.5, 0.6) is 5.75 Å². The van der Waals surface area contributed by atoms with E-state index in [0.29, 0.717) is 6.04 Å². The molecule has 1 saturated heterocycles. The first-order valence-corrected chi connectivity index (χ1v) is 6.32. The summed E-state index contributed by atoms with van der Waals surface area (Å²) >= 11 is 0. The molecule has 0 bridgehead atoms. The average molecular weight is 217 g/mol. The first kappa shape index (κ1) is 10.2. The van der Waals surface area contributed by atoms with Crippen molar-refractivity contribution < 1.29 is 4.74 Å². The van der Waals surface area contributed by atoms with Gasteiger partial charge in [-0.15, -0.1) is 0 Å². The van der Waals surface area contributed by atoms with Gasteiger partial charge in [0.1, 0.15) is 5.75 Å². The van der Waals surface area contributed by atoms with Gasteiger partial charge in [0.15, 0.2) is 0 Å². The molecule has 1 aliphatic heterocycles. The van der Waals surface area contributed by atoms with Gasteiger partial charge in [-0.3, -0.25) is 0 Å². The van der Waals surface area contributed by atoms with Gasteiger partial charge in [0.2, 0.25) is 0 Å². The van der Waals surface area contributed by atoms with Gasteiger partial charge in [0.05, 0.1) is 7.11 Å². The normalized spacial score (nSPS) is 23.4. The third-order valence-corrected chi connectivity index (χ3v) is 3.93. The summed E-state index contributed by atoms with van der Waals surface area (Å²) < 4.78 is 5.45. The van der Waals surface area contributed by atoms with Gasteiger partial charge in [0.25, 0.3) is 0 Å². The zero-order valence-electron chi connectivity index (χ0n) is 9.88. The first-order valence-electron chi connectivity index (χ1n) is 6.32. The highest BCUT2D eigenvalue weighted by Crippen LogP contribution is 2.37. The molecule has 1 unspecified atom stereocenters. The number of hydrogen-bond acceptors (Lipinski definition) is 2. The number of nitrogens with one attached hydrogen (secondary N) is 1. The zero-order valence-corrected chi connectivity index (χ0v) is 9.88. The Bertz CT molecular complexity index is 394. The fourth-order valence-corrected chi connectivity index (χ4v) is 3.17. The maximum absolute atomic E-state index is 5.45. The van der Waals surface area contributed by atoms with E-state index in [1.165, 1.54) is 49.8 Å². The third-order valence-electron chi connectivity index (χ3n) is 3.93. The van der Waals surface area contributed by atoms with Gasteiger partial charge >= 0.3 is 0 Å². The van der Waals surface area contributed by atoms with E-state index in [0.717, 1.165) is 5.75 Å².